The molecular weight excluding hydrogens is 475 g/mol. The van der Waals surface area contributed by atoms with E-state index in [-0.39, 0.29) is 24.0 Å². The van der Waals surface area contributed by atoms with Crippen molar-refractivity contribution in [3.63, 3.8) is 0 Å². The number of rotatable bonds is 12. The number of aromatic nitrogens is 3. The van der Waals surface area contributed by atoms with Gasteiger partial charge in [0.25, 0.3) is 0 Å². The van der Waals surface area contributed by atoms with Gasteiger partial charge in [0.05, 0.1) is 0 Å². The SMILES string of the molecule is CCOCCC1(CNC(=NCc2nnc(C)n2C)NCCCSC)CC1.I. The molecule has 1 aromatic rings. The average molecular weight is 510 g/mol. The van der Waals surface area contributed by atoms with Crippen LogP contribution in [0.2, 0.25) is 0 Å². The summed E-state index contributed by atoms with van der Waals surface area (Å²) in [6.45, 7) is 8.06. The van der Waals surface area contributed by atoms with Gasteiger partial charge in [0.2, 0.25) is 0 Å². The molecule has 2 N–H and O–H groups in total. The van der Waals surface area contributed by atoms with E-state index in [4.69, 9.17) is 9.73 Å². The van der Waals surface area contributed by atoms with Crippen molar-refractivity contribution in [2.45, 2.75) is 46.1 Å². The van der Waals surface area contributed by atoms with Gasteiger partial charge in [-0.15, -0.1) is 34.2 Å². The maximum absolute atomic E-state index is 5.53. The Hall–Kier alpha value is -0.550. The molecule has 0 radical (unpaired) electrons. The molecule has 0 bridgehead atoms. The highest BCUT2D eigenvalue weighted by Crippen LogP contribution is 2.48. The smallest absolute Gasteiger partial charge is 0.191 e. The lowest BCUT2D eigenvalue weighted by Crippen LogP contribution is -2.41. The topological polar surface area (TPSA) is 76.4 Å². The lowest BCUT2D eigenvalue weighted by atomic mass is 10.0. The van der Waals surface area contributed by atoms with E-state index in [1.54, 1.807) is 0 Å². The van der Waals surface area contributed by atoms with Crippen LogP contribution in [0.3, 0.4) is 0 Å². The number of nitrogens with one attached hydrogen (secondary N) is 2. The first-order chi connectivity index (χ1) is 12.6. The van der Waals surface area contributed by atoms with E-state index in [0.29, 0.717) is 12.0 Å². The Morgan fingerprint density at radius 2 is 2.11 bits per heavy atom. The van der Waals surface area contributed by atoms with Crippen LogP contribution in [0.4, 0.5) is 0 Å². The third-order valence-corrected chi connectivity index (χ3v) is 5.64. The Balaban J connectivity index is 0.00000364. The maximum Gasteiger partial charge on any atom is 0.191 e. The quantitative estimate of drug-likeness (QED) is 0.195. The molecule has 1 fully saturated rings. The monoisotopic (exact) mass is 510 g/mol. The molecule has 9 heteroatoms. The second-order valence-corrected chi connectivity index (χ2v) is 7.95. The number of guanidine groups is 1. The lowest BCUT2D eigenvalue weighted by Gasteiger charge is -2.19. The predicted octanol–water partition coefficient (Wildman–Crippen LogP) is 2.74. The van der Waals surface area contributed by atoms with Gasteiger partial charge in [0, 0.05) is 33.4 Å². The third kappa shape index (κ3) is 8.55. The molecular formula is C18H35IN6OS. The minimum atomic E-state index is 0. The fraction of sp³-hybridized carbons (Fsp3) is 0.833. The summed E-state index contributed by atoms with van der Waals surface area (Å²) in [5.41, 5.74) is 0.387. The number of aryl methyl sites for hydroxylation is 1. The number of nitrogens with zero attached hydrogens (tertiary/aromatic N) is 4. The number of ether oxygens (including phenoxy) is 1. The maximum atomic E-state index is 5.53. The van der Waals surface area contributed by atoms with Crippen LogP contribution in [0.25, 0.3) is 0 Å². The Kier molecular flexibility index (Phi) is 11.6. The molecule has 156 valence electrons. The number of aliphatic imine (C=N–C) groups is 1. The van der Waals surface area contributed by atoms with Crippen LogP contribution < -0.4 is 10.6 Å². The van der Waals surface area contributed by atoms with Gasteiger partial charge >= 0.3 is 0 Å². The normalized spacial score (nSPS) is 15.3. The minimum Gasteiger partial charge on any atom is -0.382 e. The van der Waals surface area contributed by atoms with Gasteiger partial charge in [-0.25, -0.2) is 4.99 Å². The van der Waals surface area contributed by atoms with E-state index in [1.165, 1.54) is 12.8 Å². The standard InChI is InChI=1S/C18H34N6OS.HI/c1-5-25-11-9-18(7-8-18)14-21-17(19-10-6-12-26-4)20-13-16-23-22-15(2)24(16)3;/h5-14H2,1-4H3,(H2,19,20,21);1H. The van der Waals surface area contributed by atoms with Crippen LogP contribution in [-0.4, -0.2) is 59.0 Å². The van der Waals surface area contributed by atoms with E-state index >= 15 is 0 Å². The van der Waals surface area contributed by atoms with Crippen molar-refractivity contribution in [1.29, 1.82) is 0 Å². The molecule has 1 aromatic heterocycles. The minimum absolute atomic E-state index is 0. The van der Waals surface area contributed by atoms with Gasteiger partial charge < -0.3 is 19.9 Å². The van der Waals surface area contributed by atoms with E-state index in [9.17, 15) is 0 Å². The zero-order valence-electron chi connectivity index (χ0n) is 17.1. The third-order valence-electron chi connectivity index (χ3n) is 4.95. The Morgan fingerprint density at radius 1 is 1.33 bits per heavy atom. The highest BCUT2D eigenvalue weighted by atomic mass is 127. The zero-order valence-corrected chi connectivity index (χ0v) is 20.2. The molecule has 0 saturated heterocycles. The van der Waals surface area contributed by atoms with Gasteiger partial charge in [-0.05, 0) is 57.0 Å². The first kappa shape index (κ1) is 24.5. The van der Waals surface area contributed by atoms with Crippen LogP contribution in [0.15, 0.2) is 4.99 Å². The fourth-order valence-electron chi connectivity index (χ4n) is 2.73. The van der Waals surface area contributed by atoms with Crippen LogP contribution in [0, 0.1) is 12.3 Å². The highest BCUT2D eigenvalue weighted by molar-refractivity contribution is 14.0. The molecule has 0 unspecified atom stereocenters. The second-order valence-electron chi connectivity index (χ2n) is 6.96. The summed E-state index contributed by atoms with van der Waals surface area (Å²) in [7, 11) is 1.98. The summed E-state index contributed by atoms with van der Waals surface area (Å²) in [5, 5.41) is 15.3. The van der Waals surface area contributed by atoms with Gasteiger partial charge in [0.15, 0.2) is 11.8 Å². The summed E-state index contributed by atoms with van der Waals surface area (Å²) >= 11 is 1.87. The summed E-state index contributed by atoms with van der Waals surface area (Å²) < 4.78 is 7.52. The molecule has 1 saturated carbocycles. The van der Waals surface area contributed by atoms with Crippen LogP contribution >= 0.6 is 35.7 Å². The lowest BCUT2D eigenvalue weighted by molar-refractivity contribution is 0.128. The molecule has 2 rings (SSSR count). The molecule has 1 aliphatic rings. The fourth-order valence-corrected chi connectivity index (χ4v) is 3.17. The Morgan fingerprint density at radius 3 is 2.70 bits per heavy atom. The van der Waals surface area contributed by atoms with Crippen molar-refractivity contribution >= 4 is 41.7 Å². The summed E-state index contributed by atoms with van der Waals surface area (Å²) in [5.74, 6) is 3.81. The van der Waals surface area contributed by atoms with Crippen LogP contribution in [0.5, 0.6) is 0 Å². The number of hydrogen-bond acceptors (Lipinski definition) is 5. The number of halogens is 1. The Bertz CT molecular complexity index is 576. The largest absolute Gasteiger partial charge is 0.382 e. The zero-order chi connectivity index (χ0) is 18.8. The van der Waals surface area contributed by atoms with E-state index in [1.807, 2.05) is 30.3 Å². The Labute approximate surface area is 184 Å². The number of hydrogen-bond donors (Lipinski definition) is 2. The van der Waals surface area contributed by atoms with Crippen LogP contribution in [-0.2, 0) is 18.3 Å². The van der Waals surface area contributed by atoms with Gasteiger partial charge in [-0.1, -0.05) is 0 Å². The van der Waals surface area contributed by atoms with Crippen molar-refractivity contribution < 1.29 is 4.74 Å². The first-order valence-corrected chi connectivity index (χ1v) is 10.9. The van der Waals surface area contributed by atoms with Crippen molar-refractivity contribution in [1.82, 2.24) is 25.4 Å². The molecule has 0 amide bonds. The first-order valence-electron chi connectivity index (χ1n) is 9.54. The molecule has 0 aliphatic heterocycles. The molecule has 0 spiro atoms. The van der Waals surface area contributed by atoms with Crippen LogP contribution in [0.1, 0.15) is 44.3 Å². The molecule has 1 heterocycles. The second kappa shape index (κ2) is 12.8. The van der Waals surface area contributed by atoms with Crippen molar-refractivity contribution in [2.24, 2.45) is 17.5 Å². The summed E-state index contributed by atoms with van der Waals surface area (Å²) in [6.07, 6.45) is 6.93. The van der Waals surface area contributed by atoms with Gasteiger partial charge in [-0.2, -0.15) is 11.8 Å². The molecule has 0 atom stereocenters. The molecule has 0 aromatic carbocycles. The van der Waals surface area contributed by atoms with Crippen molar-refractivity contribution in [3.8, 4) is 0 Å². The van der Waals surface area contributed by atoms with E-state index < -0.39 is 0 Å². The average Bonchev–Trinajstić information content (AvgIpc) is 3.34. The predicted molar refractivity (Wildman–Crippen MR) is 124 cm³/mol. The number of thioether (sulfide) groups is 1. The van der Waals surface area contributed by atoms with Gasteiger partial charge in [-0.3, -0.25) is 0 Å². The molecule has 1 aliphatic carbocycles. The summed E-state index contributed by atoms with van der Waals surface area (Å²) in [4.78, 5) is 4.73. The molecule has 7 nitrogen and oxygen atoms in total. The van der Waals surface area contributed by atoms with E-state index in [2.05, 4.69) is 34.0 Å². The highest BCUT2D eigenvalue weighted by Gasteiger charge is 2.41. The van der Waals surface area contributed by atoms with E-state index in [0.717, 1.165) is 62.5 Å². The molecule has 27 heavy (non-hydrogen) atoms. The van der Waals surface area contributed by atoms with Crippen molar-refractivity contribution in [2.75, 3.05) is 38.3 Å². The van der Waals surface area contributed by atoms with Crippen molar-refractivity contribution in [3.05, 3.63) is 11.6 Å². The summed E-state index contributed by atoms with van der Waals surface area (Å²) in [6, 6.07) is 0. The van der Waals surface area contributed by atoms with Gasteiger partial charge in [0.1, 0.15) is 12.4 Å².